The summed E-state index contributed by atoms with van der Waals surface area (Å²) in [4.78, 5) is 17.7. The van der Waals surface area contributed by atoms with E-state index < -0.39 is 0 Å². The van der Waals surface area contributed by atoms with E-state index in [-0.39, 0.29) is 5.91 Å². The zero-order valence-corrected chi connectivity index (χ0v) is 8.88. The summed E-state index contributed by atoms with van der Waals surface area (Å²) in [5.74, 6) is 1.55. The number of hydrogen-bond donors (Lipinski definition) is 0. The van der Waals surface area contributed by atoms with E-state index in [0.29, 0.717) is 5.75 Å². The number of fused-ring (bicyclic) bond motifs is 1. The van der Waals surface area contributed by atoms with Crippen molar-refractivity contribution in [2.75, 3.05) is 23.5 Å². The number of thioether (sulfide) groups is 1. The van der Waals surface area contributed by atoms with Gasteiger partial charge in [-0.15, -0.1) is 0 Å². The minimum Gasteiger partial charge on any atom is -0.296 e. The fourth-order valence-corrected chi connectivity index (χ4v) is 2.05. The van der Waals surface area contributed by atoms with Crippen LogP contribution in [0, 0.1) is 0 Å². The first-order valence-corrected chi connectivity index (χ1v) is 5.95. The number of carbonyl (C=O) groups is 1. The number of rotatable bonds is 2. The van der Waals surface area contributed by atoms with Crippen molar-refractivity contribution in [3.8, 4) is 0 Å². The van der Waals surface area contributed by atoms with Gasteiger partial charge in [0, 0.05) is 12.7 Å². The van der Waals surface area contributed by atoms with Crippen molar-refractivity contribution in [3.63, 3.8) is 0 Å². The Kier molecular flexibility index (Phi) is 2.72. The smallest absolute Gasteiger partial charge is 0.238 e. The van der Waals surface area contributed by atoms with Gasteiger partial charge in [-0.05, 0) is 24.3 Å². The second-order valence-corrected chi connectivity index (χ2v) is 4.08. The van der Waals surface area contributed by atoms with Crippen LogP contribution in [0.3, 0.4) is 0 Å². The van der Waals surface area contributed by atoms with Crippen molar-refractivity contribution >= 4 is 23.5 Å². The Bertz CT molecular complexity index is 354. The largest absolute Gasteiger partial charge is 0.296 e. The standard InChI is InChI=1S/C10H12N2OS/c1-14-7-9(13)12-6-4-8-3-2-5-11-10(8)12/h2-3,5H,4,6-7H2,1H3. The van der Waals surface area contributed by atoms with Crippen LogP contribution in [0.5, 0.6) is 0 Å². The van der Waals surface area contributed by atoms with E-state index in [2.05, 4.69) is 4.98 Å². The Morgan fingerprint density at radius 2 is 2.57 bits per heavy atom. The third-order valence-electron chi connectivity index (χ3n) is 2.30. The number of nitrogens with zero attached hydrogens (tertiary/aromatic N) is 2. The minimum absolute atomic E-state index is 0.162. The number of amides is 1. The predicted molar refractivity (Wildman–Crippen MR) is 58.7 cm³/mol. The Balaban J connectivity index is 2.21. The number of pyridine rings is 1. The van der Waals surface area contributed by atoms with E-state index in [1.807, 2.05) is 18.4 Å². The van der Waals surface area contributed by atoms with Crippen LogP contribution in [0.15, 0.2) is 18.3 Å². The highest BCUT2D eigenvalue weighted by Crippen LogP contribution is 2.24. The van der Waals surface area contributed by atoms with Gasteiger partial charge in [0.1, 0.15) is 5.82 Å². The number of anilines is 1. The molecule has 1 aromatic rings. The highest BCUT2D eigenvalue weighted by molar-refractivity contribution is 7.99. The maximum Gasteiger partial charge on any atom is 0.238 e. The Labute approximate surface area is 87.5 Å². The van der Waals surface area contributed by atoms with Crippen LogP contribution >= 0.6 is 11.8 Å². The molecule has 0 aliphatic carbocycles. The molecule has 1 aromatic heterocycles. The van der Waals surface area contributed by atoms with Crippen LogP contribution in [0.2, 0.25) is 0 Å². The van der Waals surface area contributed by atoms with Gasteiger partial charge < -0.3 is 0 Å². The molecule has 3 nitrogen and oxygen atoms in total. The van der Waals surface area contributed by atoms with Gasteiger partial charge in [-0.2, -0.15) is 11.8 Å². The predicted octanol–water partition coefficient (Wildman–Crippen LogP) is 1.33. The van der Waals surface area contributed by atoms with E-state index in [1.54, 1.807) is 22.9 Å². The first-order valence-electron chi connectivity index (χ1n) is 4.56. The summed E-state index contributed by atoms with van der Waals surface area (Å²) in [6, 6.07) is 3.95. The number of carbonyl (C=O) groups excluding carboxylic acids is 1. The fraction of sp³-hybridized carbons (Fsp3) is 0.400. The van der Waals surface area contributed by atoms with Crippen LogP contribution in [0.25, 0.3) is 0 Å². The molecule has 2 rings (SSSR count). The molecule has 1 aliphatic heterocycles. The summed E-state index contributed by atoms with van der Waals surface area (Å²) in [7, 11) is 0. The molecule has 0 spiro atoms. The van der Waals surface area contributed by atoms with Gasteiger partial charge in [-0.25, -0.2) is 4.98 Å². The number of hydrogen-bond acceptors (Lipinski definition) is 3. The fourth-order valence-electron chi connectivity index (χ4n) is 1.65. The molecular formula is C10H12N2OS. The minimum atomic E-state index is 0.162. The van der Waals surface area contributed by atoms with Crippen molar-refractivity contribution < 1.29 is 4.79 Å². The lowest BCUT2D eigenvalue weighted by Gasteiger charge is -2.14. The van der Waals surface area contributed by atoms with Crippen LogP contribution in [0.1, 0.15) is 5.56 Å². The van der Waals surface area contributed by atoms with Crippen molar-refractivity contribution in [1.29, 1.82) is 0 Å². The van der Waals surface area contributed by atoms with Crippen LogP contribution in [-0.4, -0.2) is 29.4 Å². The molecule has 0 radical (unpaired) electrons. The lowest BCUT2D eigenvalue weighted by molar-refractivity contribution is -0.116. The van der Waals surface area contributed by atoms with Gasteiger partial charge in [-0.3, -0.25) is 9.69 Å². The van der Waals surface area contributed by atoms with E-state index in [0.717, 1.165) is 18.8 Å². The lowest BCUT2D eigenvalue weighted by Crippen LogP contribution is -2.30. The molecule has 1 aliphatic rings. The quantitative estimate of drug-likeness (QED) is 0.735. The molecule has 0 unspecified atom stereocenters. The number of aromatic nitrogens is 1. The van der Waals surface area contributed by atoms with E-state index in [4.69, 9.17) is 0 Å². The third kappa shape index (κ3) is 1.62. The molecule has 2 heterocycles. The van der Waals surface area contributed by atoms with Gasteiger partial charge in [-0.1, -0.05) is 6.07 Å². The zero-order valence-electron chi connectivity index (χ0n) is 8.06. The Hall–Kier alpha value is -1.03. The highest BCUT2D eigenvalue weighted by atomic mass is 32.2. The molecule has 0 atom stereocenters. The van der Waals surface area contributed by atoms with E-state index >= 15 is 0 Å². The molecule has 0 aromatic carbocycles. The maximum atomic E-state index is 11.7. The van der Waals surface area contributed by atoms with Gasteiger partial charge in [0.25, 0.3) is 0 Å². The first-order chi connectivity index (χ1) is 6.83. The molecule has 0 N–H and O–H groups in total. The van der Waals surface area contributed by atoms with Gasteiger partial charge in [0.05, 0.1) is 5.75 Å². The van der Waals surface area contributed by atoms with E-state index in [9.17, 15) is 4.79 Å². The maximum absolute atomic E-state index is 11.7. The highest BCUT2D eigenvalue weighted by Gasteiger charge is 2.24. The summed E-state index contributed by atoms with van der Waals surface area (Å²) >= 11 is 1.55. The molecule has 0 saturated carbocycles. The van der Waals surface area contributed by atoms with Gasteiger partial charge in [0.2, 0.25) is 5.91 Å². The Morgan fingerprint density at radius 1 is 1.71 bits per heavy atom. The second-order valence-electron chi connectivity index (χ2n) is 3.21. The first kappa shape index (κ1) is 9.52. The van der Waals surface area contributed by atoms with Gasteiger partial charge >= 0.3 is 0 Å². The van der Waals surface area contributed by atoms with Crippen LogP contribution in [-0.2, 0) is 11.2 Å². The molecule has 0 bridgehead atoms. The lowest BCUT2D eigenvalue weighted by atomic mass is 10.2. The molecule has 74 valence electrons. The normalized spacial score (nSPS) is 14.2. The molecule has 1 amide bonds. The van der Waals surface area contributed by atoms with Crippen LogP contribution < -0.4 is 4.90 Å². The Morgan fingerprint density at radius 3 is 3.36 bits per heavy atom. The summed E-state index contributed by atoms with van der Waals surface area (Å²) in [5.41, 5.74) is 1.18. The van der Waals surface area contributed by atoms with Crippen molar-refractivity contribution in [2.24, 2.45) is 0 Å². The second kappa shape index (κ2) is 4.00. The monoisotopic (exact) mass is 208 g/mol. The van der Waals surface area contributed by atoms with Crippen molar-refractivity contribution in [1.82, 2.24) is 4.98 Å². The molecule has 0 saturated heterocycles. The average molecular weight is 208 g/mol. The molecular weight excluding hydrogens is 196 g/mol. The van der Waals surface area contributed by atoms with Crippen molar-refractivity contribution in [3.05, 3.63) is 23.9 Å². The van der Waals surface area contributed by atoms with Gasteiger partial charge in [0.15, 0.2) is 0 Å². The summed E-state index contributed by atoms with van der Waals surface area (Å²) < 4.78 is 0. The molecule has 4 heteroatoms. The topological polar surface area (TPSA) is 33.2 Å². The van der Waals surface area contributed by atoms with Crippen molar-refractivity contribution in [2.45, 2.75) is 6.42 Å². The molecule has 14 heavy (non-hydrogen) atoms. The SMILES string of the molecule is CSCC(=O)N1CCc2cccnc21. The van der Waals surface area contributed by atoms with E-state index in [1.165, 1.54) is 5.56 Å². The molecule has 0 fully saturated rings. The summed E-state index contributed by atoms with van der Waals surface area (Å²) in [6.07, 6.45) is 4.61. The average Bonchev–Trinajstić information content (AvgIpc) is 2.61. The summed E-state index contributed by atoms with van der Waals surface area (Å²) in [6.45, 7) is 0.783. The summed E-state index contributed by atoms with van der Waals surface area (Å²) in [5, 5.41) is 0. The van der Waals surface area contributed by atoms with Crippen LogP contribution in [0.4, 0.5) is 5.82 Å². The zero-order chi connectivity index (χ0) is 9.97. The third-order valence-corrected chi connectivity index (χ3v) is 2.83.